The molecule has 1 aromatic heterocycles. The lowest BCUT2D eigenvalue weighted by Crippen LogP contribution is -2.43. The molecular formula is C15H25N3. The van der Waals surface area contributed by atoms with E-state index in [2.05, 4.69) is 48.2 Å². The Morgan fingerprint density at radius 2 is 2.22 bits per heavy atom. The minimum Gasteiger partial charge on any atom is -0.306 e. The van der Waals surface area contributed by atoms with E-state index < -0.39 is 0 Å². The van der Waals surface area contributed by atoms with E-state index in [-0.39, 0.29) is 0 Å². The van der Waals surface area contributed by atoms with Gasteiger partial charge in [0.05, 0.1) is 5.69 Å². The van der Waals surface area contributed by atoms with Crippen molar-refractivity contribution in [3.63, 3.8) is 0 Å². The molecule has 1 aromatic rings. The van der Waals surface area contributed by atoms with Gasteiger partial charge in [-0.15, -0.1) is 0 Å². The van der Waals surface area contributed by atoms with Gasteiger partial charge in [0.25, 0.3) is 0 Å². The molecule has 1 fully saturated rings. The third-order valence-corrected chi connectivity index (χ3v) is 4.01. The summed E-state index contributed by atoms with van der Waals surface area (Å²) in [5, 5.41) is 3.70. The highest BCUT2D eigenvalue weighted by atomic mass is 15.1. The first-order valence-corrected chi connectivity index (χ1v) is 7.02. The number of likely N-dealkylation sites (tertiary alicyclic amines) is 1. The van der Waals surface area contributed by atoms with Crippen molar-refractivity contribution in [2.75, 3.05) is 20.1 Å². The number of nitrogens with zero attached hydrogens (tertiary/aromatic N) is 2. The van der Waals surface area contributed by atoms with E-state index in [0.29, 0.717) is 12.1 Å². The van der Waals surface area contributed by atoms with Gasteiger partial charge in [0.1, 0.15) is 0 Å². The lowest BCUT2D eigenvalue weighted by Gasteiger charge is -2.35. The molecule has 0 spiro atoms. The Bertz CT molecular complexity index is 352. The zero-order valence-electron chi connectivity index (χ0n) is 11.8. The average molecular weight is 247 g/mol. The summed E-state index contributed by atoms with van der Waals surface area (Å²) >= 11 is 0. The predicted octanol–water partition coefficient (Wildman–Crippen LogP) is 2.46. The Hall–Kier alpha value is -0.930. The number of nitrogens with one attached hydrogen (secondary N) is 1. The highest BCUT2D eigenvalue weighted by Gasteiger charge is 2.23. The molecule has 100 valence electrons. The van der Waals surface area contributed by atoms with Crippen molar-refractivity contribution in [1.82, 2.24) is 15.2 Å². The smallest absolute Gasteiger partial charge is 0.0570 e. The molecule has 0 bridgehead atoms. The van der Waals surface area contributed by atoms with Crippen LogP contribution in [0.3, 0.4) is 0 Å². The predicted molar refractivity (Wildman–Crippen MR) is 75.5 cm³/mol. The topological polar surface area (TPSA) is 28.2 Å². The summed E-state index contributed by atoms with van der Waals surface area (Å²) < 4.78 is 0. The van der Waals surface area contributed by atoms with Gasteiger partial charge in [0, 0.05) is 24.8 Å². The van der Waals surface area contributed by atoms with Crippen molar-refractivity contribution >= 4 is 0 Å². The van der Waals surface area contributed by atoms with Crippen molar-refractivity contribution in [2.45, 2.75) is 38.8 Å². The molecule has 1 N–H and O–H groups in total. The average Bonchev–Trinajstić information content (AvgIpc) is 2.39. The first-order chi connectivity index (χ1) is 8.66. The van der Waals surface area contributed by atoms with Gasteiger partial charge in [0.15, 0.2) is 0 Å². The monoisotopic (exact) mass is 247 g/mol. The van der Waals surface area contributed by atoms with E-state index in [0.717, 1.165) is 11.6 Å². The highest BCUT2D eigenvalue weighted by Crippen LogP contribution is 2.20. The van der Waals surface area contributed by atoms with Crippen LogP contribution in [-0.4, -0.2) is 36.1 Å². The van der Waals surface area contributed by atoms with Crippen LogP contribution in [-0.2, 0) is 0 Å². The summed E-state index contributed by atoms with van der Waals surface area (Å²) in [5.74, 6) is 0.759. The Morgan fingerprint density at radius 1 is 1.39 bits per heavy atom. The van der Waals surface area contributed by atoms with Crippen molar-refractivity contribution in [3.8, 4) is 0 Å². The maximum absolute atomic E-state index is 4.42. The van der Waals surface area contributed by atoms with Crippen LogP contribution < -0.4 is 5.32 Å². The first kappa shape index (κ1) is 13.5. The van der Waals surface area contributed by atoms with Crippen LogP contribution >= 0.6 is 0 Å². The van der Waals surface area contributed by atoms with E-state index in [9.17, 15) is 0 Å². The van der Waals surface area contributed by atoms with Crippen molar-refractivity contribution < 1.29 is 0 Å². The fourth-order valence-corrected chi connectivity index (χ4v) is 2.86. The first-order valence-electron chi connectivity index (χ1n) is 7.02. The summed E-state index contributed by atoms with van der Waals surface area (Å²) in [6.45, 7) is 6.97. The summed E-state index contributed by atoms with van der Waals surface area (Å²) in [5.41, 5.74) is 1.13. The summed E-state index contributed by atoms with van der Waals surface area (Å²) in [7, 11) is 2.22. The van der Waals surface area contributed by atoms with Gasteiger partial charge in [-0.1, -0.05) is 6.07 Å². The van der Waals surface area contributed by atoms with Gasteiger partial charge >= 0.3 is 0 Å². The molecule has 2 heterocycles. The minimum absolute atomic E-state index is 0.327. The minimum atomic E-state index is 0.327. The number of pyridine rings is 1. The van der Waals surface area contributed by atoms with E-state index in [4.69, 9.17) is 0 Å². The second-order valence-electron chi connectivity index (χ2n) is 5.60. The molecule has 1 aliphatic heterocycles. The highest BCUT2D eigenvalue weighted by molar-refractivity contribution is 5.07. The number of aromatic nitrogens is 1. The van der Waals surface area contributed by atoms with Crippen LogP contribution in [0, 0.1) is 5.92 Å². The van der Waals surface area contributed by atoms with Crippen molar-refractivity contribution in [1.29, 1.82) is 0 Å². The third kappa shape index (κ3) is 3.53. The lowest BCUT2D eigenvalue weighted by molar-refractivity contribution is 0.174. The van der Waals surface area contributed by atoms with Crippen LogP contribution in [0.4, 0.5) is 0 Å². The van der Waals surface area contributed by atoms with Crippen LogP contribution in [0.2, 0.25) is 0 Å². The van der Waals surface area contributed by atoms with E-state index in [1.54, 1.807) is 0 Å². The second kappa shape index (κ2) is 6.30. The van der Waals surface area contributed by atoms with Crippen LogP contribution in [0.25, 0.3) is 0 Å². The number of hydrogen-bond acceptors (Lipinski definition) is 3. The van der Waals surface area contributed by atoms with Crippen molar-refractivity contribution in [2.24, 2.45) is 5.92 Å². The molecule has 1 aliphatic rings. The lowest BCUT2D eigenvalue weighted by atomic mass is 9.91. The number of hydrogen-bond donors (Lipinski definition) is 1. The van der Waals surface area contributed by atoms with E-state index >= 15 is 0 Å². The molecule has 3 atom stereocenters. The molecule has 3 nitrogen and oxygen atoms in total. The fourth-order valence-electron chi connectivity index (χ4n) is 2.86. The third-order valence-electron chi connectivity index (χ3n) is 4.01. The quantitative estimate of drug-likeness (QED) is 0.886. The molecule has 2 rings (SSSR count). The Balaban J connectivity index is 1.88. The molecule has 3 heteroatoms. The van der Waals surface area contributed by atoms with Crippen LogP contribution in [0.15, 0.2) is 24.4 Å². The molecule has 0 saturated carbocycles. The van der Waals surface area contributed by atoms with E-state index in [1.165, 1.54) is 25.9 Å². The Kier molecular flexibility index (Phi) is 4.72. The molecule has 0 amide bonds. The second-order valence-corrected chi connectivity index (χ2v) is 5.60. The van der Waals surface area contributed by atoms with Gasteiger partial charge in [-0.3, -0.25) is 4.98 Å². The van der Waals surface area contributed by atoms with Gasteiger partial charge in [-0.2, -0.15) is 0 Å². The van der Waals surface area contributed by atoms with Gasteiger partial charge in [0.2, 0.25) is 0 Å². The summed E-state index contributed by atoms with van der Waals surface area (Å²) in [6, 6.07) is 6.99. The molecule has 0 radical (unpaired) electrons. The SMILES string of the molecule is CC(NC(C)C1CCCN(C)C1)c1ccccn1. The van der Waals surface area contributed by atoms with E-state index in [1.807, 2.05) is 12.3 Å². The molecular weight excluding hydrogens is 222 g/mol. The molecule has 3 unspecified atom stereocenters. The summed E-state index contributed by atoms with van der Waals surface area (Å²) in [6.07, 6.45) is 4.53. The van der Waals surface area contributed by atoms with Crippen molar-refractivity contribution in [3.05, 3.63) is 30.1 Å². The maximum atomic E-state index is 4.42. The number of rotatable bonds is 4. The number of piperidine rings is 1. The Labute approximate surface area is 111 Å². The van der Waals surface area contributed by atoms with Crippen LogP contribution in [0.5, 0.6) is 0 Å². The summed E-state index contributed by atoms with van der Waals surface area (Å²) in [4.78, 5) is 6.86. The Morgan fingerprint density at radius 3 is 2.89 bits per heavy atom. The van der Waals surface area contributed by atoms with Crippen LogP contribution in [0.1, 0.15) is 38.4 Å². The van der Waals surface area contributed by atoms with Gasteiger partial charge < -0.3 is 10.2 Å². The molecule has 1 saturated heterocycles. The normalized spacial score (nSPS) is 24.7. The standard InChI is InChI=1S/C15H25N3/c1-12(14-7-6-10-18(3)11-14)17-13(2)15-8-4-5-9-16-15/h4-5,8-9,12-14,17H,6-7,10-11H2,1-3H3. The largest absolute Gasteiger partial charge is 0.306 e. The molecule has 0 aliphatic carbocycles. The molecule has 18 heavy (non-hydrogen) atoms. The zero-order chi connectivity index (χ0) is 13.0. The maximum Gasteiger partial charge on any atom is 0.0570 e. The molecule has 0 aromatic carbocycles. The van der Waals surface area contributed by atoms with Gasteiger partial charge in [-0.25, -0.2) is 0 Å². The van der Waals surface area contributed by atoms with Gasteiger partial charge in [-0.05, 0) is 58.3 Å². The zero-order valence-corrected chi connectivity index (χ0v) is 11.8. The fraction of sp³-hybridized carbons (Fsp3) is 0.667.